The molecule has 1 aromatic heterocycles. The molecule has 2 aromatic carbocycles. The van der Waals surface area contributed by atoms with Crippen LogP contribution in [-0.4, -0.2) is 30.5 Å². The molecule has 9 heteroatoms. The van der Waals surface area contributed by atoms with E-state index < -0.39 is 11.8 Å². The van der Waals surface area contributed by atoms with Crippen LogP contribution in [0.15, 0.2) is 82.5 Å². The van der Waals surface area contributed by atoms with E-state index in [0.29, 0.717) is 23.6 Å². The molecule has 0 unspecified atom stereocenters. The van der Waals surface area contributed by atoms with Gasteiger partial charge in [-0.1, -0.05) is 30.3 Å². The highest BCUT2D eigenvalue weighted by molar-refractivity contribution is 6.35. The molecule has 0 bridgehead atoms. The molecule has 0 aliphatic carbocycles. The van der Waals surface area contributed by atoms with E-state index in [2.05, 4.69) is 21.2 Å². The van der Waals surface area contributed by atoms with Crippen molar-refractivity contribution in [1.82, 2.24) is 16.1 Å². The van der Waals surface area contributed by atoms with E-state index in [9.17, 15) is 14.4 Å². The monoisotopic (exact) mass is 448 g/mol. The van der Waals surface area contributed by atoms with Crippen molar-refractivity contribution >= 4 is 23.9 Å². The largest absolute Gasteiger partial charge is 0.484 e. The highest BCUT2D eigenvalue weighted by Crippen LogP contribution is 2.12. The van der Waals surface area contributed by atoms with E-state index in [1.807, 2.05) is 30.3 Å². The second kappa shape index (κ2) is 11.8. The molecule has 3 aromatic rings. The summed E-state index contributed by atoms with van der Waals surface area (Å²) >= 11 is 0. The molecule has 3 rings (SSSR count). The first-order valence-corrected chi connectivity index (χ1v) is 10.2. The molecule has 0 aliphatic rings. The zero-order chi connectivity index (χ0) is 23.5. The molecule has 0 spiro atoms. The topological polar surface area (TPSA) is 122 Å². The van der Waals surface area contributed by atoms with Gasteiger partial charge in [0.05, 0.1) is 25.1 Å². The van der Waals surface area contributed by atoms with Crippen LogP contribution in [0.3, 0.4) is 0 Å². The van der Waals surface area contributed by atoms with Crippen molar-refractivity contribution in [3.63, 3.8) is 0 Å². The van der Waals surface area contributed by atoms with Crippen molar-refractivity contribution in [2.45, 2.75) is 19.5 Å². The summed E-state index contributed by atoms with van der Waals surface area (Å²) in [5.74, 6) is -0.771. The van der Waals surface area contributed by atoms with E-state index in [1.54, 1.807) is 43.3 Å². The van der Waals surface area contributed by atoms with Crippen molar-refractivity contribution in [1.29, 1.82) is 0 Å². The van der Waals surface area contributed by atoms with Gasteiger partial charge in [0.15, 0.2) is 6.61 Å². The average Bonchev–Trinajstić information content (AvgIpc) is 3.36. The standard InChI is InChI=1S/C24H24N4O5/c1-17(19-6-3-2-4-7-19)27-23(30)24(31)28-26-14-18-9-11-20(12-10-18)33-16-22(29)25-15-21-8-5-13-32-21/h2-14,17H,15-16H2,1H3,(H,25,29)(H,27,30)(H,28,31)/b26-14-/t17-/m1/s1. The van der Waals surface area contributed by atoms with Crippen LogP contribution in [0.25, 0.3) is 0 Å². The molecule has 33 heavy (non-hydrogen) atoms. The van der Waals surface area contributed by atoms with E-state index in [1.165, 1.54) is 12.5 Å². The number of carbonyl (C=O) groups excluding carboxylic acids is 3. The molecule has 0 radical (unpaired) electrons. The Bertz CT molecular complexity index is 1080. The molecule has 170 valence electrons. The number of hydrogen-bond donors (Lipinski definition) is 3. The molecule has 3 N–H and O–H groups in total. The molecule has 1 atom stereocenters. The second-order valence-electron chi connectivity index (χ2n) is 7.02. The minimum Gasteiger partial charge on any atom is -0.484 e. The molecule has 0 aliphatic heterocycles. The summed E-state index contributed by atoms with van der Waals surface area (Å²) in [6.07, 6.45) is 2.93. The Hall–Kier alpha value is -4.40. The smallest absolute Gasteiger partial charge is 0.329 e. The highest BCUT2D eigenvalue weighted by Gasteiger charge is 2.16. The molecule has 0 saturated carbocycles. The zero-order valence-corrected chi connectivity index (χ0v) is 18.0. The predicted octanol–water partition coefficient (Wildman–Crippen LogP) is 2.30. The van der Waals surface area contributed by atoms with Gasteiger partial charge in [-0.3, -0.25) is 14.4 Å². The fourth-order valence-electron chi connectivity index (χ4n) is 2.75. The average molecular weight is 448 g/mol. The summed E-state index contributed by atoms with van der Waals surface area (Å²) in [6, 6.07) is 19.2. The number of benzene rings is 2. The van der Waals surface area contributed by atoms with Gasteiger partial charge in [-0.2, -0.15) is 5.10 Å². The van der Waals surface area contributed by atoms with Crippen LogP contribution >= 0.6 is 0 Å². The van der Waals surface area contributed by atoms with E-state index >= 15 is 0 Å². The molecular formula is C24H24N4O5. The zero-order valence-electron chi connectivity index (χ0n) is 18.0. The summed E-state index contributed by atoms with van der Waals surface area (Å²) in [7, 11) is 0. The Morgan fingerprint density at radius 1 is 1.00 bits per heavy atom. The Labute approximate surface area is 190 Å². The first-order valence-electron chi connectivity index (χ1n) is 10.2. The SMILES string of the molecule is C[C@@H](NC(=O)C(=O)N/N=C\c1ccc(OCC(=O)NCc2ccco2)cc1)c1ccccc1. The number of rotatable bonds is 9. The number of hydrazone groups is 1. The maximum Gasteiger partial charge on any atom is 0.329 e. The van der Waals surface area contributed by atoms with Crippen LogP contribution in [-0.2, 0) is 20.9 Å². The van der Waals surface area contributed by atoms with Crippen molar-refractivity contribution in [3.05, 3.63) is 89.9 Å². The normalized spacial score (nSPS) is 11.5. The Morgan fingerprint density at radius 3 is 2.45 bits per heavy atom. The van der Waals surface area contributed by atoms with Gasteiger partial charge in [-0.05, 0) is 54.4 Å². The number of ether oxygens (including phenoxy) is 1. The van der Waals surface area contributed by atoms with Crippen LogP contribution in [0, 0.1) is 0 Å². The number of carbonyl (C=O) groups is 3. The number of hydrogen-bond acceptors (Lipinski definition) is 6. The molecule has 0 saturated heterocycles. The van der Waals surface area contributed by atoms with Crippen molar-refractivity contribution < 1.29 is 23.5 Å². The summed E-state index contributed by atoms with van der Waals surface area (Å²) in [4.78, 5) is 35.7. The van der Waals surface area contributed by atoms with Crippen LogP contribution in [0.1, 0.15) is 29.9 Å². The Balaban J connectivity index is 1.38. The lowest BCUT2D eigenvalue weighted by molar-refractivity contribution is -0.139. The third-order valence-electron chi connectivity index (χ3n) is 4.52. The lowest BCUT2D eigenvalue weighted by Gasteiger charge is -2.13. The maximum absolute atomic E-state index is 12.0. The number of furan rings is 1. The first-order chi connectivity index (χ1) is 16.0. The van der Waals surface area contributed by atoms with Gasteiger partial charge < -0.3 is 19.8 Å². The number of amides is 3. The Morgan fingerprint density at radius 2 is 1.76 bits per heavy atom. The van der Waals surface area contributed by atoms with Gasteiger partial charge in [-0.25, -0.2) is 5.43 Å². The van der Waals surface area contributed by atoms with Crippen LogP contribution in [0.4, 0.5) is 0 Å². The van der Waals surface area contributed by atoms with E-state index in [-0.39, 0.29) is 18.6 Å². The van der Waals surface area contributed by atoms with Crippen molar-refractivity contribution in [3.8, 4) is 5.75 Å². The number of nitrogens with one attached hydrogen (secondary N) is 3. The minimum atomic E-state index is -0.866. The molecule has 1 heterocycles. The van der Waals surface area contributed by atoms with Gasteiger partial charge in [0.1, 0.15) is 11.5 Å². The van der Waals surface area contributed by atoms with Gasteiger partial charge in [0.2, 0.25) is 0 Å². The summed E-state index contributed by atoms with van der Waals surface area (Å²) in [5.41, 5.74) is 3.75. The van der Waals surface area contributed by atoms with Crippen LogP contribution in [0.5, 0.6) is 5.75 Å². The summed E-state index contributed by atoms with van der Waals surface area (Å²) < 4.78 is 10.6. The molecular weight excluding hydrogens is 424 g/mol. The minimum absolute atomic E-state index is 0.138. The van der Waals surface area contributed by atoms with Gasteiger partial charge in [0, 0.05) is 0 Å². The first kappa shape index (κ1) is 23.3. The Kier molecular flexibility index (Phi) is 8.35. The lowest BCUT2D eigenvalue weighted by Crippen LogP contribution is -2.39. The van der Waals surface area contributed by atoms with Gasteiger partial charge in [0.25, 0.3) is 5.91 Å². The fourth-order valence-corrected chi connectivity index (χ4v) is 2.75. The van der Waals surface area contributed by atoms with Crippen molar-refractivity contribution in [2.75, 3.05) is 6.61 Å². The van der Waals surface area contributed by atoms with Crippen LogP contribution < -0.4 is 20.8 Å². The summed E-state index contributed by atoms with van der Waals surface area (Å²) in [5, 5.41) is 9.09. The van der Waals surface area contributed by atoms with Crippen LogP contribution in [0.2, 0.25) is 0 Å². The maximum atomic E-state index is 12.0. The third-order valence-corrected chi connectivity index (χ3v) is 4.52. The molecule has 3 amide bonds. The second-order valence-corrected chi connectivity index (χ2v) is 7.02. The quantitative estimate of drug-likeness (QED) is 0.263. The fraction of sp³-hybridized carbons (Fsp3) is 0.167. The predicted molar refractivity (Wildman–Crippen MR) is 121 cm³/mol. The number of nitrogens with zero attached hydrogens (tertiary/aromatic N) is 1. The summed E-state index contributed by atoms with van der Waals surface area (Å²) in [6.45, 7) is 1.94. The van der Waals surface area contributed by atoms with E-state index in [4.69, 9.17) is 9.15 Å². The molecule has 9 nitrogen and oxygen atoms in total. The van der Waals surface area contributed by atoms with Gasteiger partial charge in [-0.15, -0.1) is 0 Å². The third kappa shape index (κ3) is 7.66. The molecule has 0 fully saturated rings. The van der Waals surface area contributed by atoms with Gasteiger partial charge >= 0.3 is 11.8 Å². The lowest BCUT2D eigenvalue weighted by atomic mass is 10.1. The van der Waals surface area contributed by atoms with E-state index in [0.717, 1.165) is 5.56 Å². The van der Waals surface area contributed by atoms with Crippen molar-refractivity contribution in [2.24, 2.45) is 5.10 Å². The highest BCUT2D eigenvalue weighted by atomic mass is 16.5.